The van der Waals surface area contributed by atoms with Gasteiger partial charge in [-0.15, -0.1) is 0 Å². The van der Waals surface area contributed by atoms with Crippen LogP contribution in [0.1, 0.15) is 30.6 Å². The van der Waals surface area contributed by atoms with Gasteiger partial charge in [0.25, 0.3) is 0 Å². The van der Waals surface area contributed by atoms with Gasteiger partial charge in [-0.05, 0) is 13.8 Å². The van der Waals surface area contributed by atoms with Crippen molar-refractivity contribution in [1.82, 2.24) is 20.4 Å². The summed E-state index contributed by atoms with van der Waals surface area (Å²) in [5.41, 5.74) is 2.22. The molecule has 0 spiro atoms. The van der Waals surface area contributed by atoms with Gasteiger partial charge in [0.05, 0.1) is 6.20 Å². The number of aromatic nitrogens is 2. The Morgan fingerprint density at radius 2 is 2.31 bits per heavy atom. The molecule has 90 valence electrons. The molecule has 5 heteroatoms. The fourth-order valence-electron chi connectivity index (χ4n) is 1.53. The Morgan fingerprint density at radius 1 is 1.62 bits per heavy atom. The smallest absolute Gasteiger partial charge is 0.223 e. The first-order chi connectivity index (χ1) is 7.52. The number of aromatic amines is 1. The van der Waals surface area contributed by atoms with Gasteiger partial charge >= 0.3 is 0 Å². The summed E-state index contributed by atoms with van der Waals surface area (Å²) < 4.78 is 0. The molecule has 0 fully saturated rings. The molecule has 0 saturated carbocycles. The lowest BCUT2D eigenvalue weighted by atomic mass is 10.1. The summed E-state index contributed by atoms with van der Waals surface area (Å²) in [6.45, 7) is 4.74. The van der Waals surface area contributed by atoms with Crippen LogP contribution in [0.3, 0.4) is 0 Å². The van der Waals surface area contributed by atoms with E-state index in [0.29, 0.717) is 13.0 Å². The lowest BCUT2D eigenvalue weighted by molar-refractivity contribution is -0.128. The number of carbonyl (C=O) groups excluding carboxylic acids is 1. The van der Waals surface area contributed by atoms with Gasteiger partial charge in [0.15, 0.2) is 0 Å². The van der Waals surface area contributed by atoms with Crippen molar-refractivity contribution in [3.8, 4) is 0 Å². The lowest BCUT2D eigenvalue weighted by Gasteiger charge is -2.14. The maximum atomic E-state index is 11.3. The zero-order chi connectivity index (χ0) is 12.1. The first-order valence-corrected chi connectivity index (χ1v) is 5.45. The summed E-state index contributed by atoms with van der Waals surface area (Å²) in [5, 5.41) is 10.2. The van der Waals surface area contributed by atoms with Crippen molar-refractivity contribution in [3.63, 3.8) is 0 Å². The van der Waals surface area contributed by atoms with Crippen LogP contribution >= 0.6 is 0 Å². The van der Waals surface area contributed by atoms with E-state index in [-0.39, 0.29) is 11.9 Å². The molecule has 1 aromatic rings. The van der Waals surface area contributed by atoms with E-state index in [2.05, 4.69) is 22.4 Å². The zero-order valence-corrected chi connectivity index (χ0v) is 10.4. The molecule has 1 unspecified atom stereocenters. The summed E-state index contributed by atoms with van der Waals surface area (Å²) in [4.78, 5) is 13.0. The Morgan fingerprint density at radius 3 is 2.81 bits per heavy atom. The summed E-state index contributed by atoms with van der Waals surface area (Å²) in [7, 11) is 3.54. The van der Waals surface area contributed by atoms with Gasteiger partial charge in [0.1, 0.15) is 0 Å². The normalized spacial score (nSPS) is 12.5. The summed E-state index contributed by atoms with van der Waals surface area (Å²) in [6, 6.07) is 0.216. The van der Waals surface area contributed by atoms with Crippen LogP contribution in [-0.2, 0) is 4.79 Å². The third-order valence-electron chi connectivity index (χ3n) is 2.62. The second-order valence-corrected chi connectivity index (χ2v) is 4.16. The third kappa shape index (κ3) is 3.34. The van der Waals surface area contributed by atoms with Crippen LogP contribution in [0, 0.1) is 6.92 Å². The summed E-state index contributed by atoms with van der Waals surface area (Å²) in [5.74, 6) is 0.142. The van der Waals surface area contributed by atoms with Gasteiger partial charge in [-0.25, -0.2) is 0 Å². The van der Waals surface area contributed by atoms with Gasteiger partial charge in [0.2, 0.25) is 5.91 Å². The van der Waals surface area contributed by atoms with Crippen molar-refractivity contribution in [2.24, 2.45) is 0 Å². The molecule has 0 aliphatic rings. The van der Waals surface area contributed by atoms with Crippen molar-refractivity contribution in [1.29, 1.82) is 0 Å². The van der Waals surface area contributed by atoms with E-state index in [1.165, 1.54) is 0 Å². The van der Waals surface area contributed by atoms with E-state index < -0.39 is 0 Å². The number of hydrogen-bond acceptors (Lipinski definition) is 3. The third-order valence-corrected chi connectivity index (χ3v) is 2.62. The summed E-state index contributed by atoms with van der Waals surface area (Å²) >= 11 is 0. The van der Waals surface area contributed by atoms with E-state index in [1.54, 1.807) is 19.0 Å². The van der Waals surface area contributed by atoms with E-state index in [0.717, 1.165) is 11.3 Å². The van der Waals surface area contributed by atoms with E-state index in [1.807, 2.05) is 13.1 Å². The average Bonchev–Trinajstić information content (AvgIpc) is 2.64. The standard InChI is InChI=1S/C11H20N4O/c1-8(10-7-13-14-9(10)2)12-6-5-11(16)15(3)4/h7-8,12H,5-6H2,1-4H3,(H,13,14). The quantitative estimate of drug-likeness (QED) is 0.779. The molecular weight excluding hydrogens is 204 g/mol. The molecule has 0 radical (unpaired) electrons. The maximum Gasteiger partial charge on any atom is 0.223 e. The molecule has 1 amide bonds. The monoisotopic (exact) mass is 224 g/mol. The minimum Gasteiger partial charge on any atom is -0.349 e. The van der Waals surface area contributed by atoms with Gasteiger partial charge in [-0.1, -0.05) is 0 Å². The fraction of sp³-hybridized carbons (Fsp3) is 0.636. The maximum absolute atomic E-state index is 11.3. The number of rotatable bonds is 5. The predicted molar refractivity (Wildman–Crippen MR) is 63.1 cm³/mol. The van der Waals surface area contributed by atoms with Crippen LogP contribution in [0.5, 0.6) is 0 Å². The van der Waals surface area contributed by atoms with Crippen LogP contribution < -0.4 is 5.32 Å². The minimum atomic E-state index is 0.142. The van der Waals surface area contributed by atoms with Crippen molar-refractivity contribution < 1.29 is 4.79 Å². The number of amides is 1. The molecule has 0 aliphatic heterocycles. The Bertz CT molecular complexity index is 346. The molecule has 0 bridgehead atoms. The molecule has 16 heavy (non-hydrogen) atoms. The highest BCUT2D eigenvalue weighted by Crippen LogP contribution is 2.13. The molecule has 1 aromatic heterocycles. The predicted octanol–water partition coefficient (Wildman–Crippen LogP) is 0.847. The lowest BCUT2D eigenvalue weighted by Crippen LogP contribution is -2.28. The largest absolute Gasteiger partial charge is 0.349 e. The molecule has 0 aliphatic carbocycles. The average molecular weight is 224 g/mol. The molecule has 1 rings (SSSR count). The number of H-pyrrole nitrogens is 1. The fourth-order valence-corrected chi connectivity index (χ4v) is 1.53. The van der Waals surface area contributed by atoms with Gasteiger partial charge in [0, 0.05) is 44.4 Å². The minimum absolute atomic E-state index is 0.142. The molecule has 0 aromatic carbocycles. The topological polar surface area (TPSA) is 61.0 Å². The van der Waals surface area contributed by atoms with Gasteiger partial charge < -0.3 is 10.2 Å². The highest BCUT2D eigenvalue weighted by Gasteiger charge is 2.10. The molecule has 5 nitrogen and oxygen atoms in total. The second kappa shape index (κ2) is 5.65. The summed E-state index contributed by atoms with van der Waals surface area (Å²) in [6.07, 6.45) is 2.34. The van der Waals surface area contributed by atoms with E-state index >= 15 is 0 Å². The van der Waals surface area contributed by atoms with Crippen LogP contribution in [0.15, 0.2) is 6.20 Å². The molecule has 1 heterocycles. The number of carbonyl (C=O) groups is 1. The Labute approximate surface area is 96.2 Å². The van der Waals surface area contributed by atoms with Crippen LogP contribution in [0.25, 0.3) is 0 Å². The molecule has 2 N–H and O–H groups in total. The Kier molecular flexibility index (Phi) is 4.49. The van der Waals surface area contributed by atoms with Gasteiger partial charge in [-0.2, -0.15) is 5.10 Å². The molecule has 1 atom stereocenters. The van der Waals surface area contributed by atoms with Crippen molar-refractivity contribution in [3.05, 3.63) is 17.5 Å². The SMILES string of the molecule is Cc1[nH]ncc1C(C)NCCC(=O)N(C)C. The number of nitrogens with one attached hydrogen (secondary N) is 2. The number of hydrogen-bond donors (Lipinski definition) is 2. The van der Waals surface area contributed by atoms with Crippen molar-refractivity contribution >= 4 is 5.91 Å². The second-order valence-electron chi connectivity index (χ2n) is 4.16. The Hall–Kier alpha value is -1.36. The highest BCUT2D eigenvalue weighted by molar-refractivity contribution is 5.75. The van der Waals surface area contributed by atoms with Gasteiger partial charge in [-0.3, -0.25) is 9.89 Å². The van der Waals surface area contributed by atoms with Crippen molar-refractivity contribution in [2.45, 2.75) is 26.3 Å². The first kappa shape index (κ1) is 12.7. The van der Waals surface area contributed by atoms with Crippen LogP contribution in [-0.4, -0.2) is 41.6 Å². The molecule has 0 saturated heterocycles. The Balaban J connectivity index is 2.34. The number of aryl methyl sites for hydroxylation is 1. The molecular formula is C11H20N4O. The van der Waals surface area contributed by atoms with E-state index in [4.69, 9.17) is 0 Å². The van der Waals surface area contributed by atoms with Crippen LogP contribution in [0.4, 0.5) is 0 Å². The first-order valence-electron chi connectivity index (χ1n) is 5.45. The highest BCUT2D eigenvalue weighted by atomic mass is 16.2. The van der Waals surface area contributed by atoms with E-state index in [9.17, 15) is 4.79 Å². The number of nitrogens with zero attached hydrogens (tertiary/aromatic N) is 2. The zero-order valence-electron chi connectivity index (χ0n) is 10.4. The van der Waals surface area contributed by atoms with Crippen LogP contribution in [0.2, 0.25) is 0 Å². The van der Waals surface area contributed by atoms with Crippen molar-refractivity contribution in [2.75, 3.05) is 20.6 Å².